The molecule has 2 heterocycles. The largest absolute Gasteiger partial charge is 0.322 e. The highest BCUT2D eigenvalue weighted by atomic mass is 35.5. The monoisotopic (exact) mass is 281 g/mol. The van der Waals surface area contributed by atoms with Gasteiger partial charge in [-0.05, 0) is 38.6 Å². The Labute approximate surface area is 117 Å². The Hall–Kier alpha value is -1.13. The summed E-state index contributed by atoms with van der Waals surface area (Å²) in [6.45, 7) is 2.08. The maximum absolute atomic E-state index is 13.8. The predicted octanol–water partition coefficient (Wildman–Crippen LogP) is 3.18. The van der Waals surface area contributed by atoms with Gasteiger partial charge in [0.15, 0.2) is 5.82 Å². The van der Waals surface area contributed by atoms with Crippen molar-refractivity contribution in [2.45, 2.75) is 24.8 Å². The summed E-state index contributed by atoms with van der Waals surface area (Å²) < 4.78 is 16.0. The van der Waals surface area contributed by atoms with Crippen molar-refractivity contribution in [3.05, 3.63) is 29.8 Å². The summed E-state index contributed by atoms with van der Waals surface area (Å²) in [5.74, 6) is 0.808. The number of nitrogens with zero attached hydrogens (tertiary/aromatic N) is 3. The Balaban J connectivity index is 2.13. The molecule has 102 valence electrons. The van der Waals surface area contributed by atoms with E-state index < -0.39 is 0 Å². The number of halogens is 2. The van der Waals surface area contributed by atoms with Crippen molar-refractivity contribution in [3.63, 3.8) is 0 Å². The van der Waals surface area contributed by atoms with E-state index in [4.69, 9.17) is 11.6 Å². The van der Waals surface area contributed by atoms with Gasteiger partial charge in [0, 0.05) is 12.6 Å². The number of fused-ring (bicyclic) bond motifs is 1. The van der Waals surface area contributed by atoms with Crippen LogP contribution in [0.25, 0.3) is 11.0 Å². The molecule has 0 aliphatic carbocycles. The van der Waals surface area contributed by atoms with Crippen molar-refractivity contribution in [1.82, 2.24) is 14.5 Å². The highest BCUT2D eigenvalue weighted by molar-refractivity contribution is 6.16. The first-order chi connectivity index (χ1) is 9.20. The minimum absolute atomic E-state index is 0.271. The van der Waals surface area contributed by atoms with Gasteiger partial charge >= 0.3 is 0 Å². The van der Waals surface area contributed by atoms with E-state index >= 15 is 0 Å². The normalized spacial score (nSPS) is 21.1. The van der Waals surface area contributed by atoms with Gasteiger partial charge in [-0.3, -0.25) is 0 Å². The van der Waals surface area contributed by atoms with Crippen molar-refractivity contribution in [2.75, 3.05) is 20.1 Å². The third-order valence-corrected chi connectivity index (χ3v) is 4.07. The van der Waals surface area contributed by atoms with Crippen LogP contribution in [0.4, 0.5) is 4.39 Å². The third-order valence-electron chi connectivity index (χ3n) is 3.83. The van der Waals surface area contributed by atoms with Crippen LogP contribution in [-0.4, -0.2) is 34.6 Å². The average Bonchev–Trinajstić information content (AvgIpc) is 2.78. The number of likely N-dealkylation sites (N-methyl/N-ethyl adjacent to an activating group) is 1. The average molecular weight is 282 g/mol. The minimum atomic E-state index is -0.271. The highest BCUT2D eigenvalue weighted by Gasteiger charge is 2.24. The molecule has 1 aromatic carbocycles. The van der Waals surface area contributed by atoms with Crippen LogP contribution >= 0.6 is 11.6 Å². The Morgan fingerprint density at radius 2 is 2.32 bits per heavy atom. The number of aromatic nitrogens is 2. The molecule has 3 rings (SSSR count). The van der Waals surface area contributed by atoms with E-state index in [1.165, 1.54) is 6.07 Å². The summed E-state index contributed by atoms with van der Waals surface area (Å²) in [5, 5.41) is 0. The van der Waals surface area contributed by atoms with E-state index in [0.717, 1.165) is 37.3 Å². The van der Waals surface area contributed by atoms with Crippen molar-refractivity contribution in [2.24, 2.45) is 0 Å². The lowest BCUT2D eigenvalue weighted by molar-refractivity contribution is 0.213. The highest BCUT2D eigenvalue weighted by Crippen LogP contribution is 2.29. The van der Waals surface area contributed by atoms with Crippen LogP contribution in [0.15, 0.2) is 18.2 Å². The lowest BCUT2D eigenvalue weighted by Crippen LogP contribution is -2.34. The Morgan fingerprint density at radius 1 is 1.47 bits per heavy atom. The standard InChI is InChI=1S/C14H17ClFN3/c1-18-7-3-4-10(9-18)19-12-6-2-5-11(16)14(12)17-13(19)8-15/h2,5-6,10H,3-4,7-9H2,1H3. The van der Waals surface area contributed by atoms with Crippen molar-refractivity contribution >= 4 is 22.6 Å². The molecule has 1 atom stereocenters. The Bertz CT molecular complexity index is 596. The van der Waals surface area contributed by atoms with Gasteiger partial charge in [-0.25, -0.2) is 9.37 Å². The third kappa shape index (κ3) is 2.23. The topological polar surface area (TPSA) is 21.1 Å². The second-order valence-corrected chi connectivity index (χ2v) is 5.46. The van der Waals surface area contributed by atoms with Gasteiger partial charge in [0.25, 0.3) is 0 Å². The smallest absolute Gasteiger partial charge is 0.151 e. The van der Waals surface area contributed by atoms with E-state index in [0.29, 0.717) is 17.4 Å². The molecule has 3 nitrogen and oxygen atoms in total. The molecule has 2 aromatic rings. The molecule has 0 radical (unpaired) electrons. The number of hydrogen-bond acceptors (Lipinski definition) is 2. The van der Waals surface area contributed by atoms with E-state index in [-0.39, 0.29) is 5.82 Å². The van der Waals surface area contributed by atoms with Gasteiger partial charge in [-0.1, -0.05) is 6.07 Å². The van der Waals surface area contributed by atoms with Gasteiger partial charge in [0.1, 0.15) is 11.3 Å². The fourth-order valence-electron chi connectivity index (χ4n) is 2.98. The van der Waals surface area contributed by atoms with Crippen molar-refractivity contribution in [3.8, 4) is 0 Å². The second kappa shape index (κ2) is 5.10. The van der Waals surface area contributed by atoms with E-state index in [1.54, 1.807) is 6.07 Å². The minimum Gasteiger partial charge on any atom is -0.322 e. The molecule has 1 fully saturated rings. The molecule has 0 bridgehead atoms. The molecule has 5 heteroatoms. The number of likely N-dealkylation sites (tertiary alicyclic amines) is 1. The van der Waals surface area contributed by atoms with E-state index in [1.807, 2.05) is 6.07 Å². The second-order valence-electron chi connectivity index (χ2n) is 5.20. The molecule has 1 aromatic heterocycles. The predicted molar refractivity (Wildman–Crippen MR) is 75.0 cm³/mol. The summed E-state index contributed by atoms with van der Waals surface area (Å²) in [6, 6.07) is 5.44. The van der Waals surface area contributed by atoms with Gasteiger partial charge in [-0.2, -0.15) is 0 Å². The van der Waals surface area contributed by atoms with Crippen LogP contribution in [0.5, 0.6) is 0 Å². The summed E-state index contributed by atoms with van der Waals surface area (Å²) in [4.78, 5) is 6.67. The molecule has 0 N–H and O–H groups in total. The molecule has 1 aliphatic heterocycles. The van der Waals surface area contributed by atoms with Crippen LogP contribution in [0, 0.1) is 5.82 Å². The van der Waals surface area contributed by atoms with Crippen LogP contribution in [0.2, 0.25) is 0 Å². The maximum Gasteiger partial charge on any atom is 0.151 e. The summed E-state index contributed by atoms with van der Waals surface area (Å²) >= 11 is 5.99. The number of rotatable bonds is 2. The van der Waals surface area contributed by atoms with Gasteiger partial charge in [0.05, 0.1) is 11.4 Å². The van der Waals surface area contributed by atoms with Gasteiger partial charge in [0.2, 0.25) is 0 Å². The van der Waals surface area contributed by atoms with Gasteiger partial charge in [-0.15, -0.1) is 11.6 Å². The lowest BCUT2D eigenvalue weighted by Gasteiger charge is -2.31. The molecule has 1 saturated heterocycles. The SMILES string of the molecule is CN1CCCC(n2c(CCl)nc3c(F)cccc32)C1. The summed E-state index contributed by atoms with van der Waals surface area (Å²) in [7, 11) is 2.12. The van der Waals surface area contributed by atoms with Crippen LogP contribution in [-0.2, 0) is 5.88 Å². The van der Waals surface area contributed by atoms with Crippen LogP contribution < -0.4 is 0 Å². The quantitative estimate of drug-likeness (QED) is 0.789. The molecule has 1 unspecified atom stereocenters. The number of benzene rings is 1. The van der Waals surface area contributed by atoms with Crippen molar-refractivity contribution in [1.29, 1.82) is 0 Å². The molecule has 19 heavy (non-hydrogen) atoms. The first-order valence-corrected chi connectivity index (χ1v) is 7.14. The molecule has 0 saturated carbocycles. The first kappa shape index (κ1) is 12.9. The summed E-state index contributed by atoms with van der Waals surface area (Å²) in [5.41, 5.74) is 1.29. The van der Waals surface area contributed by atoms with E-state index in [9.17, 15) is 4.39 Å². The first-order valence-electron chi connectivity index (χ1n) is 6.60. The van der Waals surface area contributed by atoms with E-state index in [2.05, 4.69) is 21.5 Å². The zero-order valence-corrected chi connectivity index (χ0v) is 11.7. The number of imidazole rings is 1. The zero-order chi connectivity index (χ0) is 13.4. The number of alkyl halides is 1. The number of hydrogen-bond donors (Lipinski definition) is 0. The van der Waals surface area contributed by atoms with Crippen LogP contribution in [0.1, 0.15) is 24.7 Å². The zero-order valence-electron chi connectivity index (χ0n) is 10.9. The number of para-hydroxylation sites is 1. The van der Waals surface area contributed by atoms with Crippen molar-refractivity contribution < 1.29 is 4.39 Å². The lowest BCUT2D eigenvalue weighted by atomic mass is 10.1. The fraction of sp³-hybridized carbons (Fsp3) is 0.500. The molecule has 0 spiro atoms. The molecule has 1 aliphatic rings. The number of piperidine rings is 1. The molecule has 0 amide bonds. The Morgan fingerprint density at radius 3 is 3.05 bits per heavy atom. The fourth-order valence-corrected chi connectivity index (χ4v) is 3.17. The summed E-state index contributed by atoms with van der Waals surface area (Å²) in [6.07, 6.45) is 2.24. The molecular weight excluding hydrogens is 265 g/mol. The molecular formula is C14H17ClFN3. The Kier molecular flexibility index (Phi) is 3.46. The van der Waals surface area contributed by atoms with Crippen LogP contribution in [0.3, 0.4) is 0 Å². The maximum atomic E-state index is 13.8. The van der Waals surface area contributed by atoms with Gasteiger partial charge < -0.3 is 9.47 Å².